The van der Waals surface area contributed by atoms with Crippen molar-refractivity contribution in [2.45, 2.75) is 38.2 Å². The average molecular weight is 591 g/mol. The summed E-state index contributed by atoms with van der Waals surface area (Å²) in [5.41, 5.74) is -0.0469. The second-order valence-electron chi connectivity index (χ2n) is 8.72. The second kappa shape index (κ2) is 12.7. The van der Waals surface area contributed by atoms with Gasteiger partial charge in [0, 0.05) is 31.4 Å². The number of nitrogens with zero attached hydrogens (tertiary/aromatic N) is 3. The van der Waals surface area contributed by atoms with E-state index in [9.17, 15) is 26.0 Å². The number of hydrogen-bond acceptors (Lipinski definition) is 8. The van der Waals surface area contributed by atoms with Crippen molar-refractivity contribution in [3.8, 4) is 22.9 Å². The molecule has 1 aliphatic rings. The minimum absolute atomic E-state index is 0. The van der Waals surface area contributed by atoms with Crippen molar-refractivity contribution in [2.24, 2.45) is 0 Å². The molecule has 3 N–H and O–H groups in total. The maximum Gasteiger partial charge on any atom is 0.263 e. The third-order valence-electron chi connectivity index (χ3n) is 5.77. The lowest BCUT2D eigenvalue weighted by molar-refractivity contribution is 0.0219. The van der Waals surface area contributed by atoms with Gasteiger partial charge >= 0.3 is 0 Å². The first kappa shape index (κ1) is 30.3. The van der Waals surface area contributed by atoms with Gasteiger partial charge in [0.05, 0.1) is 16.9 Å². The van der Waals surface area contributed by atoms with E-state index in [1.165, 1.54) is 6.20 Å². The quantitative estimate of drug-likeness (QED) is 0.283. The highest BCUT2D eigenvalue weighted by Crippen LogP contribution is 2.34. The van der Waals surface area contributed by atoms with E-state index in [-0.39, 0.29) is 24.3 Å². The first-order valence-corrected chi connectivity index (χ1v) is 13.5. The smallest absolute Gasteiger partial charge is 0.263 e. The van der Waals surface area contributed by atoms with E-state index in [2.05, 4.69) is 25.6 Å². The number of hydrogen-bond donors (Lipinski definition) is 3. The third-order valence-corrected chi connectivity index (χ3v) is 7.10. The van der Waals surface area contributed by atoms with E-state index in [0.717, 1.165) is 45.0 Å². The van der Waals surface area contributed by atoms with Crippen molar-refractivity contribution in [1.82, 2.24) is 20.3 Å². The van der Waals surface area contributed by atoms with Gasteiger partial charge in [0.25, 0.3) is 5.92 Å². The van der Waals surface area contributed by atoms with Crippen LogP contribution in [0.3, 0.4) is 0 Å². The van der Waals surface area contributed by atoms with Gasteiger partial charge in [-0.3, -0.25) is 4.72 Å². The van der Waals surface area contributed by atoms with Gasteiger partial charge < -0.3 is 15.4 Å². The summed E-state index contributed by atoms with van der Waals surface area (Å²) in [4.78, 5) is 12.8. The Hall–Kier alpha value is -3.23. The first-order valence-electron chi connectivity index (χ1n) is 11.9. The number of anilines is 2. The second-order valence-corrected chi connectivity index (χ2v) is 10.4. The lowest BCUT2D eigenvalue weighted by atomic mass is 10.1. The van der Waals surface area contributed by atoms with Crippen LogP contribution >= 0.6 is 12.4 Å². The molecule has 1 atom stereocenters. The predicted octanol–water partition coefficient (Wildman–Crippen LogP) is 4.98. The molecule has 39 heavy (non-hydrogen) atoms. The largest absolute Gasteiger partial charge is 0.435 e. The molecule has 3 aromatic rings. The fraction of sp³-hybridized carbons (Fsp3) is 0.375. The molecule has 0 spiro atoms. The number of aromatic nitrogens is 3. The van der Waals surface area contributed by atoms with Gasteiger partial charge in [-0.1, -0.05) is 6.92 Å². The number of pyridine rings is 1. The summed E-state index contributed by atoms with van der Waals surface area (Å²) in [6.07, 6.45) is 4.18. The molecular formula is C24H27ClF4N6O3S. The van der Waals surface area contributed by atoms with Crippen molar-refractivity contribution in [3.05, 3.63) is 54.4 Å². The molecule has 0 amide bonds. The van der Waals surface area contributed by atoms with Gasteiger partial charge in [0.15, 0.2) is 11.6 Å². The number of nitrogens with one attached hydrogen (secondary N) is 3. The SMILES string of the molecule is CCC(F)(F)CS(=O)(=O)Nc1ccc(Oc2ncccc2-c2ccnc(N[C@H]3CCCNC3)n2)c(F)c1F.Cl. The number of benzene rings is 1. The Morgan fingerprint density at radius 1 is 1.13 bits per heavy atom. The van der Waals surface area contributed by atoms with Crippen LogP contribution in [0.15, 0.2) is 42.7 Å². The van der Waals surface area contributed by atoms with Crippen molar-refractivity contribution < 1.29 is 30.7 Å². The zero-order valence-corrected chi connectivity index (χ0v) is 22.4. The number of piperidine rings is 1. The summed E-state index contributed by atoms with van der Waals surface area (Å²) in [6.45, 7) is 2.84. The molecular weight excluding hydrogens is 564 g/mol. The Labute approximate surface area is 229 Å². The Morgan fingerprint density at radius 3 is 2.64 bits per heavy atom. The number of rotatable bonds is 10. The van der Waals surface area contributed by atoms with E-state index in [1.54, 1.807) is 29.1 Å². The molecule has 212 valence electrons. The van der Waals surface area contributed by atoms with Crippen LogP contribution in [0.25, 0.3) is 11.3 Å². The maximum absolute atomic E-state index is 14.8. The van der Waals surface area contributed by atoms with E-state index in [0.29, 0.717) is 17.2 Å². The van der Waals surface area contributed by atoms with Crippen molar-refractivity contribution in [1.29, 1.82) is 0 Å². The lowest BCUT2D eigenvalue weighted by Crippen LogP contribution is -2.38. The summed E-state index contributed by atoms with van der Waals surface area (Å²) < 4.78 is 87.8. The normalized spacial score (nSPS) is 15.8. The molecule has 0 bridgehead atoms. The van der Waals surface area contributed by atoms with Crippen molar-refractivity contribution >= 4 is 34.1 Å². The molecule has 0 radical (unpaired) electrons. The van der Waals surface area contributed by atoms with Gasteiger partial charge in [-0.2, -0.15) is 4.39 Å². The van der Waals surface area contributed by atoms with Crippen molar-refractivity contribution in [2.75, 3.05) is 28.9 Å². The minimum atomic E-state index is -4.66. The highest BCUT2D eigenvalue weighted by atomic mass is 35.5. The summed E-state index contributed by atoms with van der Waals surface area (Å²) in [7, 11) is -4.66. The van der Waals surface area contributed by atoms with E-state index < -0.39 is 51.2 Å². The molecule has 2 aromatic heterocycles. The number of ether oxygens (including phenoxy) is 1. The Bertz CT molecular complexity index is 1390. The molecule has 0 aliphatic carbocycles. The standard InChI is InChI=1S/C24H26F4N6O3S.ClH/c1-2-24(27,28)14-38(35,36)34-18-7-8-19(21(26)20(18)25)37-22-16(6-4-11-30-22)17-9-12-31-23(33-17)32-15-5-3-10-29-13-15;/h4,6-9,11-12,15,29,34H,2-3,5,10,13-14H2,1H3,(H,31,32,33);1H/t15-;/m0./s1. The molecule has 1 aromatic carbocycles. The Morgan fingerprint density at radius 2 is 1.92 bits per heavy atom. The highest BCUT2D eigenvalue weighted by Gasteiger charge is 2.34. The predicted molar refractivity (Wildman–Crippen MR) is 141 cm³/mol. The first-order chi connectivity index (χ1) is 18.1. The van der Waals surface area contributed by atoms with Crippen LogP contribution in [0.4, 0.5) is 29.2 Å². The Kier molecular flexibility index (Phi) is 9.91. The van der Waals surface area contributed by atoms with Crippen LogP contribution in [-0.4, -0.2) is 54.2 Å². The fourth-order valence-corrected chi connectivity index (χ4v) is 5.11. The molecule has 1 fully saturated rings. The Balaban J connectivity index is 0.00000420. The van der Waals surface area contributed by atoms with Gasteiger partial charge in [0.1, 0.15) is 5.75 Å². The van der Waals surface area contributed by atoms with E-state index >= 15 is 0 Å². The van der Waals surface area contributed by atoms with Crippen LogP contribution in [0, 0.1) is 11.6 Å². The monoisotopic (exact) mass is 590 g/mol. The topological polar surface area (TPSA) is 118 Å². The fourth-order valence-electron chi connectivity index (χ4n) is 3.78. The zero-order chi connectivity index (χ0) is 27.3. The van der Waals surface area contributed by atoms with Gasteiger partial charge in [-0.25, -0.2) is 36.5 Å². The third kappa shape index (κ3) is 7.90. The van der Waals surface area contributed by atoms with Crippen LogP contribution in [0.1, 0.15) is 26.2 Å². The zero-order valence-electron chi connectivity index (χ0n) is 20.8. The molecule has 1 aliphatic heterocycles. The molecule has 1 saturated heterocycles. The van der Waals surface area contributed by atoms with Gasteiger partial charge in [0.2, 0.25) is 27.7 Å². The van der Waals surface area contributed by atoms with Crippen LogP contribution in [0.2, 0.25) is 0 Å². The van der Waals surface area contributed by atoms with Crippen LogP contribution in [0.5, 0.6) is 11.6 Å². The van der Waals surface area contributed by atoms with Crippen LogP contribution < -0.4 is 20.1 Å². The summed E-state index contributed by atoms with van der Waals surface area (Å²) in [6, 6.07) is 6.85. The number of sulfonamides is 1. The van der Waals surface area contributed by atoms with E-state index in [1.807, 2.05) is 0 Å². The number of halogens is 5. The average Bonchev–Trinajstić information content (AvgIpc) is 2.89. The molecule has 15 heteroatoms. The minimum Gasteiger partial charge on any atom is -0.435 e. The van der Waals surface area contributed by atoms with Gasteiger partial charge in [-0.05, 0) is 49.7 Å². The molecule has 9 nitrogen and oxygen atoms in total. The summed E-state index contributed by atoms with van der Waals surface area (Å²) >= 11 is 0. The van der Waals surface area contributed by atoms with E-state index in [4.69, 9.17) is 4.74 Å². The maximum atomic E-state index is 14.8. The molecule has 4 rings (SSSR count). The van der Waals surface area contributed by atoms with Crippen LogP contribution in [-0.2, 0) is 10.0 Å². The molecule has 3 heterocycles. The van der Waals surface area contributed by atoms with Crippen molar-refractivity contribution in [3.63, 3.8) is 0 Å². The molecule has 0 unspecified atom stereocenters. The highest BCUT2D eigenvalue weighted by molar-refractivity contribution is 7.92. The van der Waals surface area contributed by atoms with Gasteiger partial charge in [-0.15, -0.1) is 12.4 Å². The molecule has 0 saturated carbocycles. The lowest BCUT2D eigenvalue weighted by Gasteiger charge is -2.23. The summed E-state index contributed by atoms with van der Waals surface area (Å²) in [5, 5.41) is 6.55. The number of alkyl halides is 2. The summed E-state index contributed by atoms with van der Waals surface area (Å²) in [5.74, 6) is -8.54.